The van der Waals surface area contributed by atoms with Crippen LogP contribution in [0.5, 0.6) is 5.88 Å². The van der Waals surface area contributed by atoms with Gasteiger partial charge in [-0.2, -0.15) is 13.2 Å². The number of halogens is 3. The number of β-amino-alcohol motifs (C(OH)–C–C–N with tert-alkyl or cyclic N) is 1. The quantitative estimate of drug-likeness (QED) is 0.904. The van der Waals surface area contributed by atoms with E-state index in [0.29, 0.717) is 18.3 Å². The van der Waals surface area contributed by atoms with Crippen molar-refractivity contribution in [1.29, 1.82) is 0 Å². The molecule has 0 radical (unpaired) electrons. The number of hydrogen-bond donors (Lipinski definition) is 1. The number of ether oxygens (including phenoxy) is 1. The Kier molecular flexibility index (Phi) is 3.53. The molecular weight excluding hydrogens is 263 g/mol. The molecule has 1 aromatic rings. The van der Waals surface area contributed by atoms with Gasteiger partial charge in [0.1, 0.15) is 12.1 Å². The van der Waals surface area contributed by atoms with E-state index in [9.17, 15) is 18.3 Å². The van der Waals surface area contributed by atoms with Crippen LogP contribution in [-0.4, -0.2) is 46.5 Å². The lowest BCUT2D eigenvalue weighted by Gasteiger charge is -2.26. The summed E-state index contributed by atoms with van der Waals surface area (Å²) in [6.07, 6.45) is -3.78. The lowest BCUT2D eigenvalue weighted by molar-refractivity contribution is -0.250. The van der Waals surface area contributed by atoms with Crippen LogP contribution < -0.4 is 9.64 Å². The molecule has 0 amide bonds. The smallest absolute Gasteiger partial charge is 0.418 e. The van der Waals surface area contributed by atoms with Crippen LogP contribution in [0.2, 0.25) is 0 Å². The second-order valence-corrected chi connectivity index (χ2v) is 4.35. The first-order valence-corrected chi connectivity index (χ1v) is 5.84. The monoisotopic (exact) mass is 277 g/mol. The van der Waals surface area contributed by atoms with Crippen molar-refractivity contribution in [2.24, 2.45) is 0 Å². The van der Waals surface area contributed by atoms with Gasteiger partial charge < -0.3 is 14.7 Å². The molecule has 0 aromatic carbocycles. The Morgan fingerprint density at radius 3 is 2.79 bits per heavy atom. The Morgan fingerprint density at radius 2 is 2.21 bits per heavy atom. The summed E-state index contributed by atoms with van der Waals surface area (Å²) in [5.74, 6) is 0.619. The van der Waals surface area contributed by atoms with Crippen LogP contribution in [-0.2, 0) is 0 Å². The summed E-state index contributed by atoms with van der Waals surface area (Å²) in [6, 6.07) is 1.46. The lowest BCUT2D eigenvalue weighted by Crippen LogP contribution is -2.47. The molecule has 1 atom stereocenters. The van der Waals surface area contributed by atoms with Crippen LogP contribution in [0.4, 0.5) is 19.0 Å². The fourth-order valence-electron chi connectivity index (χ4n) is 1.95. The molecule has 2 rings (SSSR count). The Hall–Kier alpha value is -1.57. The maximum Gasteiger partial charge on any atom is 0.418 e. The van der Waals surface area contributed by atoms with Crippen molar-refractivity contribution in [3.8, 4) is 5.88 Å². The third-order valence-electron chi connectivity index (χ3n) is 3.02. The third-order valence-corrected chi connectivity index (χ3v) is 3.02. The van der Waals surface area contributed by atoms with Crippen molar-refractivity contribution in [3.63, 3.8) is 0 Å². The van der Waals surface area contributed by atoms with Gasteiger partial charge in [0.2, 0.25) is 5.88 Å². The first-order valence-electron chi connectivity index (χ1n) is 5.84. The molecule has 1 aromatic heterocycles. The number of alkyl halides is 3. The highest BCUT2D eigenvalue weighted by Gasteiger charge is 2.57. The summed E-state index contributed by atoms with van der Waals surface area (Å²) < 4.78 is 43.3. The molecule has 0 bridgehead atoms. The van der Waals surface area contributed by atoms with Crippen molar-refractivity contribution in [2.75, 3.05) is 24.6 Å². The minimum absolute atomic E-state index is 0.0819. The lowest BCUT2D eigenvalue weighted by atomic mass is 10.0. The predicted molar refractivity (Wildman–Crippen MR) is 61.0 cm³/mol. The van der Waals surface area contributed by atoms with Crippen LogP contribution in [0.15, 0.2) is 12.4 Å². The Labute approximate surface area is 108 Å². The number of aliphatic hydroxyl groups is 1. The summed E-state index contributed by atoms with van der Waals surface area (Å²) in [6.45, 7) is 1.74. The summed E-state index contributed by atoms with van der Waals surface area (Å²) >= 11 is 0. The van der Waals surface area contributed by atoms with E-state index < -0.39 is 18.3 Å². The van der Waals surface area contributed by atoms with Gasteiger partial charge >= 0.3 is 6.18 Å². The van der Waals surface area contributed by atoms with E-state index in [2.05, 4.69) is 9.97 Å². The number of anilines is 1. The van der Waals surface area contributed by atoms with Gasteiger partial charge in [0.05, 0.1) is 13.2 Å². The summed E-state index contributed by atoms with van der Waals surface area (Å²) in [4.78, 5) is 9.12. The van der Waals surface area contributed by atoms with Crippen molar-refractivity contribution in [1.82, 2.24) is 9.97 Å². The van der Waals surface area contributed by atoms with E-state index in [0.717, 1.165) is 0 Å². The minimum Gasteiger partial charge on any atom is -0.478 e. The van der Waals surface area contributed by atoms with Gasteiger partial charge in [-0.15, -0.1) is 0 Å². The fourth-order valence-corrected chi connectivity index (χ4v) is 1.95. The summed E-state index contributed by atoms with van der Waals surface area (Å²) in [7, 11) is 0. The van der Waals surface area contributed by atoms with Crippen LogP contribution in [0, 0.1) is 0 Å². The molecule has 19 heavy (non-hydrogen) atoms. The first kappa shape index (κ1) is 13.9. The minimum atomic E-state index is -4.64. The van der Waals surface area contributed by atoms with Crippen molar-refractivity contribution in [3.05, 3.63) is 12.4 Å². The Bertz CT molecular complexity index is 455. The fraction of sp³-hybridized carbons (Fsp3) is 0.636. The molecule has 0 aliphatic carbocycles. The van der Waals surface area contributed by atoms with Crippen LogP contribution >= 0.6 is 0 Å². The molecule has 5 nitrogen and oxygen atoms in total. The zero-order chi connectivity index (χ0) is 14.1. The molecule has 1 saturated heterocycles. The van der Waals surface area contributed by atoms with Gasteiger partial charge in [0.15, 0.2) is 5.60 Å². The molecule has 1 unspecified atom stereocenters. The SMILES string of the molecule is CCOc1cc(N2CCC(O)(C(F)(F)F)C2)ncn1. The highest BCUT2D eigenvalue weighted by molar-refractivity contribution is 5.43. The summed E-state index contributed by atoms with van der Waals surface area (Å²) in [5.41, 5.74) is -2.68. The molecule has 2 heterocycles. The Balaban J connectivity index is 2.15. The summed E-state index contributed by atoms with van der Waals surface area (Å²) in [5, 5.41) is 9.59. The Morgan fingerprint density at radius 1 is 1.47 bits per heavy atom. The molecule has 1 fully saturated rings. The normalized spacial score (nSPS) is 23.7. The van der Waals surface area contributed by atoms with Crippen LogP contribution in [0.1, 0.15) is 13.3 Å². The second-order valence-electron chi connectivity index (χ2n) is 4.35. The van der Waals surface area contributed by atoms with Gasteiger partial charge in [-0.05, 0) is 6.92 Å². The number of rotatable bonds is 3. The predicted octanol–water partition coefficient (Wildman–Crippen LogP) is 1.38. The zero-order valence-corrected chi connectivity index (χ0v) is 10.3. The molecule has 0 spiro atoms. The van der Waals surface area contributed by atoms with Crippen molar-refractivity contribution >= 4 is 5.82 Å². The van der Waals surface area contributed by atoms with Crippen LogP contribution in [0.3, 0.4) is 0 Å². The van der Waals surface area contributed by atoms with Crippen LogP contribution in [0.25, 0.3) is 0 Å². The second kappa shape index (κ2) is 4.84. The number of aromatic nitrogens is 2. The van der Waals surface area contributed by atoms with Crippen molar-refractivity contribution < 1.29 is 23.0 Å². The molecule has 1 aliphatic rings. The van der Waals surface area contributed by atoms with E-state index >= 15 is 0 Å². The molecule has 8 heteroatoms. The highest BCUT2D eigenvalue weighted by atomic mass is 19.4. The molecule has 0 saturated carbocycles. The topological polar surface area (TPSA) is 58.5 Å². The van der Waals surface area contributed by atoms with Gasteiger partial charge in [-0.3, -0.25) is 0 Å². The molecule has 106 valence electrons. The average Bonchev–Trinajstić information content (AvgIpc) is 2.74. The maximum absolute atomic E-state index is 12.7. The third kappa shape index (κ3) is 2.73. The first-order chi connectivity index (χ1) is 8.86. The van der Waals surface area contributed by atoms with E-state index in [1.54, 1.807) is 6.92 Å². The van der Waals surface area contributed by atoms with Crippen molar-refractivity contribution in [2.45, 2.75) is 25.1 Å². The highest BCUT2D eigenvalue weighted by Crippen LogP contribution is 2.38. The van der Waals surface area contributed by atoms with Gasteiger partial charge in [-0.1, -0.05) is 0 Å². The van der Waals surface area contributed by atoms with E-state index in [4.69, 9.17) is 4.74 Å². The van der Waals surface area contributed by atoms with Gasteiger partial charge in [0.25, 0.3) is 0 Å². The number of hydrogen-bond acceptors (Lipinski definition) is 5. The van der Waals surface area contributed by atoms with E-state index in [1.807, 2.05) is 0 Å². The number of nitrogens with zero attached hydrogens (tertiary/aromatic N) is 3. The zero-order valence-electron chi connectivity index (χ0n) is 10.3. The average molecular weight is 277 g/mol. The molecule has 1 aliphatic heterocycles. The largest absolute Gasteiger partial charge is 0.478 e. The van der Waals surface area contributed by atoms with Gasteiger partial charge in [-0.25, -0.2) is 9.97 Å². The van der Waals surface area contributed by atoms with Gasteiger partial charge in [0, 0.05) is 19.0 Å². The molecular formula is C11H14F3N3O2. The maximum atomic E-state index is 12.7. The molecule has 1 N–H and O–H groups in total. The standard InChI is InChI=1S/C11H14F3N3O2/c1-2-19-9-5-8(15-7-16-9)17-4-3-10(18,6-17)11(12,13)14/h5,7,18H,2-4,6H2,1H3. The van der Waals surface area contributed by atoms with E-state index in [-0.39, 0.29) is 13.0 Å². The van der Waals surface area contributed by atoms with E-state index in [1.165, 1.54) is 17.3 Å².